The van der Waals surface area contributed by atoms with Crippen molar-refractivity contribution in [1.29, 1.82) is 0 Å². The summed E-state index contributed by atoms with van der Waals surface area (Å²) in [6.45, 7) is 4.44. The molecular weight excluding hydrogens is 561 g/mol. The van der Waals surface area contributed by atoms with E-state index in [1.165, 1.54) is 27.0 Å². The van der Waals surface area contributed by atoms with Crippen LogP contribution >= 0.6 is 22.9 Å². The molecule has 14 heteroatoms. The number of anilines is 1. The van der Waals surface area contributed by atoms with Gasteiger partial charge in [0.1, 0.15) is 15.8 Å². The molecule has 0 unspecified atom stereocenters. The molecule has 0 atom stereocenters. The van der Waals surface area contributed by atoms with Crippen LogP contribution in [0.3, 0.4) is 0 Å². The van der Waals surface area contributed by atoms with E-state index in [1.807, 2.05) is 0 Å². The van der Waals surface area contributed by atoms with Crippen molar-refractivity contribution >= 4 is 51.2 Å². The monoisotopic (exact) mass is 580 g/mol. The lowest BCUT2D eigenvalue weighted by Gasteiger charge is -2.11. The number of fused-ring (bicyclic) bond motifs is 1. The summed E-state index contributed by atoms with van der Waals surface area (Å²) in [5.74, 6) is -1.74. The van der Waals surface area contributed by atoms with Crippen molar-refractivity contribution in [2.75, 3.05) is 19.0 Å². The molecule has 0 spiro atoms. The van der Waals surface area contributed by atoms with Crippen molar-refractivity contribution in [3.8, 4) is 17.0 Å². The Balaban J connectivity index is 1.84. The minimum Gasteiger partial charge on any atom is -0.497 e. The second-order valence-electron chi connectivity index (χ2n) is 8.15. The summed E-state index contributed by atoms with van der Waals surface area (Å²) in [6.07, 6.45) is -4.88. The van der Waals surface area contributed by atoms with E-state index >= 15 is 0 Å². The molecule has 0 aliphatic heterocycles. The fourth-order valence-electron chi connectivity index (χ4n) is 3.82. The third kappa shape index (κ3) is 5.32. The topological polar surface area (TPSA) is 112 Å². The van der Waals surface area contributed by atoms with Crippen molar-refractivity contribution < 1.29 is 37.0 Å². The van der Waals surface area contributed by atoms with Crippen molar-refractivity contribution in [1.82, 2.24) is 14.6 Å². The number of rotatable bonds is 7. The number of methoxy groups -OCH3 is 1. The maximum absolute atomic E-state index is 14.0. The van der Waals surface area contributed by atoms with Gasteiger partial charge < -0.3 is 14.8 Å². The van der Waals surface area contributed by atoms with Crippen LogP contribution in [0.15, 0.2) is 30.3 Å². The van der Waals surface area contributed by atoms with E-state index in [1.54, 1.807) is 25.1 Å². The molecule has 1 aromatic carbocycles. The number of nitrogens with one attached hydrogen (secondary N) is 1. The maximum atomic E-state index is 14.0. The number of amides is 1. The summed E-state index contributed by atoms with van der Waals surface area (Å²) in [4.78, 5) is 42.2. The zero-order valence-electron chi connectivity index (χ0n) is 20.9. The normalized spacial score (nSPS) is 11.5. The molecule has 0 fully saturated rings. The highest BCUT2D eigenvalue weighted by molar-refractivity contribution is 7.18. The number of aromatic nitrogens is 3. The van der Waals surface area contributed by atoms with E-state index in [4.69, 9.17) is 21.1 Å². The van der Waals surface area contributed by atoms with Gasteiger partial charge in [-0.1, -0.05) is 23.7 Å². The first-order valence-electron chi connectivity index (χ1n) is 11.3. The zero-order valence-corrected chi connectivity index (χ0v) is 22.5. The number of Topliss-reactive ketones (excluding diaryl/α,β-unsaturated/α-hetero) is 1. The van der Waals surface area contributed by atoms with Gasteiger partial charge in [-0.05, 0) is 44.5 Å². The van der Waals surface area contributed by atoms with E-state index in [0.717, 1.165) is 17.4 Å². The Morgan fingerprint density at radius 2 is 1.92 bits per heavy atom. The minimum atomic E-state index is -4.88. The number of ether oxygens (including phenoxy) is 2. The molecule has 0 saturated heterocycles. The number of hydrogen-bond donors (Lipinski definition) is 1. The Labute approximate surface area is 228 Å². The second kappa shape index (κ2) is 10.7. The first kappa shape index (κ1) is 28.0. The van der Waals surface area contributed by atoms with Crippen LogP contribution < -0.4 is 10.1 Å². The van der Waals surface area contributed by atoms with Gasteiger partial charge in [-0.3, -0.25) is 9.59 Å². The first-order chi connectivity index (χ1) is 18.4. The van der Waals surface area contributed by atoms with E-state index in [2.05, 4.69) is 15.4 Å². The maximum Gasteiger partial charge on any atom is 0.433 e. The Morgan fingerprint density at radius 1 is 1.21 bits per heavy atom. The van der Waals surface area contributed by atoms with Crippen LogP contribution in [-0.4, -0.2) is 46.0 Å². The van der Waals surface area contributed by atoms with Crippen molar-refractivity contribution in [3.05, 3.63) is 62.7 Å². The second-order valence-corrected chi connectivity index (χ2v) is 9.54. The molecular formula is C25H20ClF3N4O5S. The predicted molar refractivity (Wildman–Crippen MR) is 138 cm³/mol. The fraction of sp³-hybridized carbons (Fsp3) is 0.240. The van der Waals surface area contributed by atoms with Crippen LogP contribution in [0.2, 0.25) is 5.02 Å². The summed E-state index contributed by atoms with van der Waals surface area (Å²) < 4.78 is 52.8. The van der Waals surface area contributed by atoms with Gasteiger partial charge >= 0.3 is 12.1 Å². The molecule has 1 N–H and O–H groups in total. The lowest BCUT2D eigenvalue weighted by Crippen LogP contribution is -2.17. The molecule has 0 saturated carbocycles. The molecule has 4 rings (SSSR count). The Kier molecular flexibility index (Phi) is 7.66. The highest BCUT2D eigenvalue weighted by Gasteiger charge is 2.37. The van der Waals surface area contributed by atoms with Crippen LogP contribution in [0, 0.1) is 6.92 Å². The van der Waals surface area contributed by atoms with Gasteiger partial charge in [0.25, 0.3) is 5.91 Å². The summed E-state index contributed by atoms with van der Waals surface area (Å²) in [5.41, 5.74) is -1.71. The number of nitrogens with zero attached hydrogens (tertiary/aromatic N) is 3. The lowest BCUT2D eigenvalue weighted by atomic mass is 10.1. The van der Waals surface area contributed by atoms with E-state index in [-0.39, 0.29) is 33.5 Å². The molecule has 0 radical (unpaired) electrons. The Bertz CT molecular complexity index is 1630. The first-order valence-corrected chi connectivity index (χ1v) is 12.5. The van der Waals surface area contributed by atoms with Gasteiger partial charge in [0.2, 0.25) is 0 Å². The standard InChI is InChI=1S/C25H20ClF3N4O5S/c1-5-38-24(36)17-11(2)20(12(3)34)39-23(17)31-22(35)19-18(26)21-30-15(13-7-6-8-14(9-13)37-4)10-16(25(27,28)29)33(21)32-19/h6-10H,5H2,1-4H3,(H,31,35). The van der Waals surface area contributed by atoms with Crippen molar-refractivity contribution in [2.24, 2.45) is 0 Å². The molecule has 3 aromatic heterocycles. The molecule has 0 aliphatic rings. The van der Waals surface area contributed by atoms with Gasteiger partial charge in [0, 0.05) is 5.56 Å². The summed E-state index contributed by atoms with van der Waals surface area (Å²) in [6, 6.07) is 7.04. The van der Waals surface area contributed by atoms with E-state index in [9.17, 15) is 27.6 Å². The number of hydrogen-bond acceptors (Lipinski definition) is 8. The molecule has 0 aliphatic carbocycles. The number of esters is 1. The molecule has 4 aromatic rings. The number of thiophene rings is 1. The summed E-state index contributed by atoms with van der Waals surface area (Å²) in [5, 5.41) is 5.77. The molecule has 9 nitrogen and oxygen atoms in total. The Hall–Kier alpha value is -3.97. The molecule has 39 heavy (non-hydrogen) atoms. The minimum absolute atomic E-state index is 0.0321. The number of carbonyl (C=O) groups excluding carboxylic acids is 3. The van der Waals surface area contributed by atoms with Gasteiger partial charge in [-0.2, -0.15) is 18.3 Å². The van der Waals surface area contributed by atoms with Crippen LogP contribution in [-0.2, 0) is 10.9 Å². The van der Waals surface area contributed by atoms with Crippen LogP contribution in [0.25, 0.3) is 16.9 Å². The number of halogens is 4. The number of carbonyl (C=O) groups is 3. The quantitative estimate of drug-likeness (QED) is 0.208. The number of benzene rings is 1. The number of alkyl halides is 3. The predicted octanol–water partition coefficient (Wildman–Crippen LogP) is 6.08. The third-order valence-electron chi connectivity index (χ3n) is 5.58. The van der Waals surface area contributed by atoms with E-state index < -0.39 is 40.1 Å². The Morgan fingerprint density at radius 3 is 2.54 bits per heavy atom. The van der Waals surface area contributed by atoms with Gasteiger partial charge in [0.15, 0.2) is 22.8 Å². The summed E-state index contributed by atoms with van der Waals surface area (Å²) in [7, 11) is 1.41. The lowest BCUT2D eigenvalue weighted by molar-refractivity contribution is -0.142. The molecule has 3 heterocycles. The summed E-state index contributed by atoms with van der Waals surface area (Å²) >= 11 is 7.18. The average Bonchev–Trinajstić information content (AvgIpc) is 3.39. The largest absolute Gasteiger partial charge is 0.497 e. The average molecular weight is 581 g/mol. The van der Waals surface area contributed by atoms with Crippen LogP contribution in [0.5, 0.6) is 5.75 Å². The van der Waals surface area contributed by atoms with Crippen LogP contribution in [0.4, 0.5) is 18.2 Å². The van der Waals surface area contributed by atoms with Crippen molar-refractivity contribution in [2.45, 2.75) is 26.9 Å². The number of ketones is 1. The van der Waals surface area contributed by atoms with E-state index in [0.29, 0.717) is 21.4 Å². The molecule has 0 bridgehead atoms. The van der Waals surface area contributed by atoms with Gasteiger partial charge in [0.05, 0.1) is 29.9 Å². The van der Waals surface area contributed by atoms with Gasteiger partial charge in [-0.25, -0.2) is 14.3 Å². The highest BCUT2D eigenvalue weighted by Crippen LogP contribution is 2.37. The van der Waals surface area contributed by atoms with Crippen molar-refractivity contribution in [3.63, 3.8) is 0 Å². The fourth-order valence-corrected chi connectivity index (χ4v) is 5.15. The van der Waals surface area contributed by atoms with Gasteiger partial charge in [-0.15, -0.1) is 11.3 Å². The molecule has 204 valence electrons. The molecule has 1 amide bonds. The van der Waals surface area contributed by atoms with Crippen LogP contribution in [0.1, 0.15) is 55.6 Å². The smallest absolute Gasteiger partial charge is 0.433 e. The SMILES string of the molecule is CCOC(=O)c1c(NC(=O)c2nn3c(C(F)(F)F)cc(-c4cccc(OC)c4)nc3c2Cl)sc(C(C)=O)c1C. The third-order valence-corrected chi connectivity index (χ3v) is 7.23. The highest BCUT2D eigenvalue weighted by atomic mass is 35.5. The zero-order chi connectivity index (χ0) is 28.6.